The fraction of sp³-hybridized carbons (Fsp3) is 0.375. The van der Waals surface area contributed by atoms with Crippen molar-refractivity contribution in [3.63, 3.8) is 0 Å². The molecule has 170 valence electrons. The minimum absolute atomic E-state index is 0.109. The minimum atomic E-state index is -0.781. The van der Waals surface area contributed by atoms with E-state index in [0.29, 0.717) is 12.4 Å². The van der Waals surface area contributed by atoms with Gasteiger partial charge in [0.2, 0.25) is 0 Å². The number of amides is 1. The first kappa shape index (κ1) is 23.1. The first-order valence-electron chi connectivity index (χ1n) is 10.5. The molecule has 2 atom stereocenters. The Morgan fingerprint density at radius 1 is 0.969 bits per heavy atom. The van der Waals surface area contributed by atoms with Crippen molar-refractivity contribution < 1.29 is 33.3 Å². The Labute approximate surface area is 187 Å². The third-order valence-electron chi connectivity index (χ3n) is 5.06. The molecule has 0 unspecified atom stereocenters. The van der Waals surface area contributed by atoms with E-state index in [1.54, 1.807) is 31.2 Å². The summed E-state index contributed by atoms with van der Waals surface area (Å²) in [4.78, 5) is 37.8. The van der Waals surface area contributed by atoms with Crippen LogP contribution in [0.15, 0.2) is 54.6 Å². The van der Waals surface area contributed by atoms with Crippen molar-refractivity contribution in [2.75, 3.05) is 20.3 Å². The second kappa shape index (κ2) is 11.2. The molecule has 0 aliphatic carbocycles. The topological polar surface area (TPSA) is 91.4 Å². The number of rotatable bonds is 8. The molecule has 1 aliphatic rings. The molecule has 8 nitrogen and oxygen atoms in total. The van der Waals surface area contributed by atoms with Crippen LogP contribution >= 0.6 is 0 Å². The Morgan fingerprint density at radius 3 is 2.34 bits per heavy atom. The van der Waals surface area contributed by atoms with Gasteiger partial charge in [-0.2, -0.15) is 0 Å². The molecular weight excluding hydrogens is 414 g/mol. The van der Waals surface area contributed by atoms with E-state index in [2.05, 4.69) is 0 Å². The zero-order chi connectivity index (χ0) is 22.9. The first-order chi connectivity index (χ1) is 15.5. The maximum atomic E-state index is 12.6. The number of hydrogen-bond donors (Lipinski definition) is 0. The maximum absolute atomic E-state index is 12.6. The molecule has 0 bridgehead atoms. The SMILES string of the molecule is CCOC(=O)Cc1ccc(O[C@H]2C[C@@H](C(=O)OC)N(C(=O)OCc3ccccc3)C2)cc1. The fourth-order valence-electron chi connectivity index (χ4n) is 3.50. The third-order valence-corrected chi connectivity index (χ3v) is 5.06. The normalized spacial score (nSPS) is 17.5. The number of hydrogen-bond acceptors (Lipinski definition) is 7. The van der Waals surface area contributed by atoms with Crippen LogP contribution < -0.4 is 4.74 Å². The largest absolute Gasteiger partial charge is 0.488 e. The van der Waals surface area contributed by atoms with Crippen LogP contribution in [-0.2, 0) is 36.8 Å². The number of ether oxygens (including phenoxy) is 4. The van der Waals surface area contributed by atoms with Gasteiger partial charge >= 0.3 is 18.0 Å². The first-order valence-corrected chi connectivity index (χ1v) is 10.5. The van der Waals surface area contributed by atoms with E-state index >= 15 is 0 Å². The summed E-state index contributed by atoms with van der Waals surface area (Å²) in [5.74, 6) is -0.231. The molecular formula is C24H27NO7. The summed E-state index contributed by atoms with van der Waals surface area (Å²) in [5, 5.41) is 0. The summed E-state index contributed by atoms with van der Waals surface area (Å²) < 4.78 is 21.2. The van der Waals surface area contributed by atoms with Gasteiger partial charge in [0.1, 0.15) is 24.5 Å². The van der Waals surface area contributed by atoms with Gasteiger partial charge in [0.05, 0.1) is 26.7 Å². The van der Waals surface area contributed by atoms with Crippen molar-refractivity contribution in [2.24, 2.45) is 0 Å². The van der Waals surface area contributed by atoms with E-state index in [0.717, 1.165) is 11.1 Å². The Morgan fingerprint density at radius 2 is 1.69 bits per heavy atom. The van der Waals surface area contributed by atoms with Gasteiger partial charge in [0.15, 0.2) is 0 Å². The maximum Gasteiger partial charge on any atom is 0.410 e. The molecule has 2 aromatic carbocycles. The smallest absolute Gasteiger partial charge is 0.410 e. The monoisotopic (exact) mass is 441 g/mol. The zero-order valence-corrected chi connectivity index (χ0v) is 18.2. The van der Waals surface area contributed by atoms with Crippen LogP contribution in [0.25, 0.3) is 0 Å². The van der Waals surface area contributed by atoms with Gasteiger partial charge in [-0.05, 0) is 30.2 Å². The zero-order valence-electron chi connectivity index (χ0n) is 18.2. The summed E-state index contributed by atoms with van der Waals surface area (Å²) in [5.41, 5.74) is 1.66. The number of esters is 2. The molecule has 0 N–H and O–H groups in total. The van der Waals surface area contributed by atoms with Gasteiger partial charge in [0.25, 0.3) is 0 Å². The molecule has 2 aromatic rings. The van der Waals surface area contributed by atoms with Crippen LogP contribution in [0.5, 0.6) is 5.75 Å². The van der Waals surface area contributed by atoms with Crippen molar-refractivity contribution in [1.82, 2.24) is 4.90 Å². The van der Waals surface area contributed by atoms with Crippen LogP contribution in [0.1, 0.15) is 24.5 Å². The van der Waals surface area contributed by atoms with E-state index in [-0.39, 0.29) is 32.0 Å². The van der Waals surface area contributed by atoms with Gasteiger partial charge in [0, 0.05) is 6.42 Å². The van der Waals surface area contributed by atoms with E-state index in [4.69, 9.17) is 18.9 Å². The van der Waals surface area contributed by atoms with Gasteiger partial charge in [-0.25, -0.2) is 9.59 Å². The van der Waals surface area contributed by atoms with E-state index < -0.39 is 24.2 Å². The van der Waals surface area contributed by atoms with Crippen LogP contribution in [0, 0.1) is 0 Å². The molecule has 0 spiro atoms. The van der Waals surface area contributed by atoms with Crippen LogP contribution in [0.4, 0.5) is 4.79 Å². The second-order valence-electron chi connectivity index (χ2n) is 7.33. The Kier molecular flexibility index (Phi) is 8.08. The molecule has 1 amide bonds. The molecule has 8 heteroatoms. The van der Waals surface area contributed by atoms with Crippen LogP contribution in [-0.4, -0.2) is 55.3 Å². The quantitative estimate of drug-likeness (QED) is 0.459. The van der Waals surface area contributed by atoms with Gasteiger partial charge in [-0.15, -0.1) is 0 Å². The molecule has 1 fully saturated rings. The standard InChI is InChI=1S/C24H27NO7/c1-3-30-22(26)13-17-9-11-19(12-10-17)32-20-14-21(23(27)29-2)25(15-20)24(28)31-16-18-7-5-4-6-8-18/h4-12,20-21H,3,13-16H2,1-2H3/t20-,21-/m0/s1. The van der Waals surface area contributed by atoms with Crippen LogP contribution in [0.2, 0.25) is 0 Å². The average molecular weight is 441 g/mol. The Bertz CT molecular complexity index is 914. The summed E-state index contributed by atoms with van der Waals surface area (Å²) in [6, 6.07) is 15.6. The predicted molar refractivity (Wildman–Crippen MR) is 115 cm³/mol. The molecule has 1 aliphatic heterocycles. The number of carbonyl (C=O) groups excluding carboxylic acids is 3. The van der Waals surface area contributed by atoms with E-state index in [1.165, 1.54) is 12.0 Å². The van der Waals surface area contributed by atoms with Crippen molar-refractivity contribution >= 4 is 18.0 Å². The summed E-state index contributed by atoms with van der Waals surface area (Å²) in [7, 11) is 1.28. The molecule has 1 saturated heterocycles. The third kappa shape index (κ3) is 6.23. The number of likely N-dealkylation sites (tertiary alicyclic amines) is 1. The van der Waals surface area contributed by atoms with Gasteiger partial charge in [-0.3, -0.25) is 9.69 Å². The highest BCUT2D eigenvalue weighted by Gasteiger charge is 2.42. The lowest BCUT2D eigenvalue weighted by Gasteiger charge is -2.21. The molecule has 32 heavy (non-hydrogen) atoms. The molecule has 0 aromatic heterocycles. The molecule has 0 saturated carbocycles. The van der Waals surface area contributed by atoms with Gasteiger partial charge in [-0.1, -0.05) is 42.5 Å². The lowest BCUT2D eigenvalue weighted by molar-refractivity contribution is -0.145. The predicted octanol–water partition coefficient (Wildman–Crippen LogP) is 3.12. The second-order valence-corrected chi connectivity index (χ2v) is 7.33. The fourth-order valence-corrected chi connectivity index (χ4v) is 3.50. The average Bonchev–Trinajstić information content (AvgIpc) is 3.23. The van der Waals surface area contributed by atoms with Crippen molar-refractivity contribution in [3.8, 4) is 5.75 Å². The van der Waals surface area contributed by atoms with Crippen molar-refractivity contribution in [2.45, 2.75) is 38.5 Å². The number of methoxy groups -OCH3 is 1. The number of benzene rings is 2. The Hall–Kier alpha value is -3.55. The highest BCUT2D eigenvalue weighted by atomic mass is 16.6. The van der Waals surface area contributed by atoms with E-state index in [1.807, 2.05) is 30.3 Å². The van der Waals surface area contributed by atoms with Crippen molar-refractivity contribution in [1.29, 1.82) is 0 Å². The van der Waals surface area contributed by atoms with Crippen LogP contribution in [0.3, 0.4) is 0 Å². The number of carbonyl (C=O) groups is 3. The van der Waals surface area contributed by atoms with Crippen molar-refractivity contribution in [3.05, 3.63) is 65.7 Å². The number of nitrogens with zero attached hydrogens (tertiary/aromatic N) is 1. The van der Waals surface area contributed by atoms with Gasteiger partial charge < -0.3 is 18.9 Å². The molecule has 3 rings (SSSR count). The summed E-state index contributed by atoms with van der Waals surface area (Å²) >= 11 is 0. The summed E-state index contributed by atoms with van der Waals surface area (Å²) in [6.07, 6.45) is -0.528. The lowest BCUT2D eigenvalue weighted by atomic mass is 10.1. The minimum Gasteiger partial charge on any atom is -0.488 e. The highest BCUT2D eigenvalue weighted by molar-refractivity contribution is 5.82. The lowest BCUT2D eigenvalue weighted by Crippen LogP contribution is -2.41. The summed E-state index contributed by atoms with van der Waals surface area (Å²) in [6.45, 7) is 2.40. The molecule has 0 radical (unpaired) electrons. The molecule has 1 heterocycles. The highest BCUT2D eigenvalue weighted by Crippen LogP contribution is 2.25. The van der Waals surface area contributed by atoms with E-state index in [9.17, 15) is 14.4 Å². The Balaban J connectivity index is 1.60.